The molecule has 0 heterocycles. The number of hydrogen-bond donors (Lipinski definition) is 2. The maximum absolute atomic E-state index is 10.5. The van der Waals surface area contributed by atoms with Crippen LogP contribution in [0.25, 0.3) is 0 Å². The summed E-state index contributed by atoms with van der Waals surface area (Å²) in [5.74, 6) is -0.710. The normalized spacial score (nSPS) is 12.2. The molecule has 0 radical (unpaired) electrons. The minimum atomic E-state index is -5.21. The largest absolute Gasteiger partial charge is 0.780 e. The van der Waals surface area contributed by atoms with Crippen molar-refractivity contribution in [2.75, 3.05) is 0 Å². The Hall–Kier alpha value is -0.880. The van der Waals surface area contributed by atoms with E-state index < -0.39 is 15.6 Å². The van der Waals surface area contributed by atoms with Crippen LogP contribution in [-0.2, 0) is 9.13 Å². The summed E-state index contributed by atoms with van der Waals surface area (Å²) in [5.41, 5.74) is 0. The van der Waals surface area contributed by atoms with Crippen LogP contribution in [0, 0.1) is 0 Å². The Balaban J connectivity index is 2.88. The van der Waals surface area contributed by atoms with Gasteiger partial charge in [-0.25, -0.2) is 4.57 Å². The van der Waals surface area contributed by atoms with Crippen LogP contribution in [0.3, 0.4) is 0 Å². The van der Waals surface area contributed by atoms with Gasteiger partial charge in [0.1, 0.15) is 19.3 Å². The van der Waals surface area contributed by atoms with Crippen LogP contribution in [0.5, 0.6) is 11.5 Å². The van der Waals surface area contributed by atoms with E-state index in [4.69, 9.17) is 9.79 Å². The van der Waals surface area contributed by atoms with Crippen LogP contribution in [-0.4, -0.2) is 9.79 Å². The first-order valence-corrected chi connectivity index (χ1v) is 6.72. The number of phosphoric acid groups is 2. The number of hydrogen-bond acceptors (Lipinski definition) is 6. The molecule has 0 aliphatic carbocycles. The van der Waals surface area contributed by atoms with Gasteiger partial charge in [0.25, 0.3) is 0 Å². The van der Waals surface area contributed by atoms with Crippen LogP contribution in [0.1, 0.15) is 0 Å². The molecule has 0 bridgehead atoms. The van der Waals surface area contributed by atoms with E-state index in [9.17, 15) is 18.9 Å². The molecule has 2 N–H and O–H groups in total. The first-order valence-electron chi connectivity index (χ1n) is 3.73. The molecule has 0 aliphatic heterocycles. The predicted octanol–water partition coefficient (Wildman–Crippen LogP) is -0.634. The fraction of sp³-hybridized carbons (Fsp3) is 0. The molecule has 1 aromatic carbocycles. The first-order chi connectivity index (χ1) is 7.16. The van der Waals surface area contributed by atoms with Gasteiger partial charge in [-0.15, -0.1) is 0 Å². The van der Waals surface area contributed by atoms with Gasteiger partial charge in [-0.3, -0.25) is 9.79 Å². The van der Waals surface area contributed by atoms with E-state index in [-0.39, 0.29) is 11.5 Å². The molecule has 16 heavy (non-hydrogen) atoms. The lowest BCUT2D eigenvalue weighted by molar-refractivity contribution is -0.333. The highest BCUT2D eigenvalue weighted by Gasteiger charge is 2.16. The zero-order chi connectivity index (χ0) is 12.4. The Morgan fingerprint density at radius 2 is 1.56 bits per heavy atom. The Morgan fingerprint density at radius 1 is 1.06 bits per heavy atom. The minimum absolute atomic E-state index is 0.320. The van der Waals surface area contributed by atoms with Crippen LogP contribution < -0.4 is 18.8 Å². The van der Waals surface area contributed by atoms with E-state index in [2.05, 4.69) is 9.05 Å². The Morgan fingerprint density at radius 3 is 2.00 bits per heavy atom. The van der Waals surface area contributed by atoms with Crippen molar-refractivity contribution in [3.8, 4) is 11.5 Å². The molecule has 8 nitrogen and oxygen atoms in total. The molecule has 0 aliphatic rings. The highest BCUT2D eigenvalue weighted by Crippen LogP contribution is 2.39. The zero-order valence-corrected chi connectivity index (χ0v) is 9.34. The second kappa shape index (κ2) is 4.55. The Bertz CT molecular complexity index is 420. The van der Waals surface area contributed by atoms with Crippen molar-refractivity contribution in [2.24, 2.45) is 0 Å². The number of rotatable bonds is 4. The SMILES string of the molecule is O=P([O-])([O-])Oc1cccc(OP(=O)(O)O)c1. The third kappa shape index (κ3) is 5.27. The van der Waals surface area contributed by atoms with E-state index >= 15 is 0 Å². The molecule has 0 saturated carbocycles. The van der Waals surface area contributed by atoms with Gasteiger partial charge < -0.3 is 23.4 Å². The molecule has 0 amide bonds. The molecule has 10 heteroatoms. The lowest BCUT2D eigenvalue weighted by atomic mass is 10.3. The van der Waals surface area contributed by atoms with Gasteiger partial charge in [0, 0.05) is 6.07 Å². The molecule has 0 saturated heterocycles. The molecular weight excluding hydrogens is 262 g/mol. The van der Waals surface area contributed by atoms with Crippen LogP contribution in [0.2, 0.25) is 0 Å². The molecule has 0 atom stereocenters. The van der Waals surface area contributed by atoms with Crippen LogP contribution in [0.4, 0.5) is 0 Å². The molecule has 1 rings (SSSR count). The van der Waals surface area contributed by atoms with Crippen molar-refractivity contribution in [1.82, 2.24) is 0 Å². The average Bonchev–Trinajstić information content (AvgIpc) is 1.96. The minimum Gasteiger partial charge on any atom is -0.780 e. The van der Waals surface area contributed by atoms with Gasteiger partial charge in [-0.05, 0) is 12.1 Å². The summed E-state index contributed by atoms with van der Waals surface area (Å²) in [6.45, 7) is 0. The van der Waals surface area contributed by atoms with Gasteiger partial charge in [0.15, 0.2) is 0 Å². The van der Waals surface area contributed by atoms with Crippen molar-refractivity contribution in [2.45, 2.75) is 0 Å². The number of phosphoric ester groups is 2. The number of benzene rings is 1. The maximum atomic E-state index is 10.5. The van der Waals surface area contributed by atoms with E-state index in [1.165, 1.54) is 6.07 Å². The lowest BCUT2D eigenvalue weighted by Gasteiger charge is -2.29. The topological polar surface area (TPSA) is 139 Å². The molecule has 0 unspecified atom stereocenters. The monoisotopic (exact) mass is 268 g/mol. The van der Waals surface area contributed by atoms with Crippen molar-refractivity contribution < 1.29 is 37.8 Å². The highest BCUT2D eigenvalue weighted by atomic mass is 31.2. The summed E-state index contributed by atoms with van der Waals surface area (Å²) in [5, 5.41) is 0. The van der Waals surface area contributed by atoms with E-state index in [0.717, 1.165) is 18.2 Å². The molecule has 0 aromatic heterocycles. The highest BCUT2D eigenvalue weighted by molar-refractivity contribution is 7.46. The van der Waals surface area contributed by atoms with E-state index in [1.807, 2.05) is 0 Å². The second-order valence-corrected chi connectivity index (χ2v) is 4.84. The summed E-state index contributed by atoms with van der Waals surface area (Å²) in [6.07, 6.45) is 0. The third-order valence-corrected chi connectivity index (χ3v) is 2.13. The van der Waals surface area contributed by atoms with Gasteiger partial charge in [-0.2, -0.15) is 0 Å². The maximum Gasteiger partial charge on any atom is 0.524 e. The summed E-state index contributed by atoms with van der Waals surface area (Å²) >= 11 is 0. The standard InChI is InChI=1S/C6H8O8P2/c7-15(8,9)13-5-2-1-3-6(4-5)14-16(10,11)12/h1-4H,(H2,7,8,9)(H2,10,11,12)/p-2. The first kappa shape index (κ1) is 13.2. The average molecular weight is 268 g/mol. The molecule has 0 spiro atoms. The second-order valence-electron chi connectivity index (χ2n) is 2.60. The summed E-state index contributed by atoms with van der Waals surface area (Å²) in [7, 11) is -9.95. The summed E-state index contributed by atoms with van der Waals surface area (Å²) < 4.78 is 28.8. The van der Waals surface area contributed by atoms with Crippen molar-refractivity contribution in [3.05, 3.63) is 24.3 Å². The fourth-order valence-electron chi connectivity index (χ4n) is 0.854. The molecule has 0 fully saturated rings. The summed E-state index contributed by atoms with van der Waals surface area (Å²) in [4.78, 5) is 37.4. The van der Waals surface area contributed by atoms with Crippen LogP contribution >= 0.6 is 15.6 Å². The van der Waals surface area contributed by atoms with Crippen LogP contribution in [0.15, 0.2) is 24.3 Å². The molecular formula is C6H6O8P2-2. The predicted molar refractivity (Wildman–Crippen MR) is 47.3 cm³/mol. The van der Waals surface area contributed by atoms with Gasteiger partial charge in [-0.1, -0.05) is 6.07 Å². The lowest BCUT2D eigenvalue weighted by Crippen LogP contribution is -2.18. The fourth-order valence-corrected chi connectivity index (χ4v) is 1.61. The molecule has 1 aromatic rings. The smallest absolute Gasteiger partial charge is 0.524 e. The van der Waals surface area contributed by atoms with Crippen molar-refractivity contribution >= 4 is 15.6 Å². The van der Waals surface area contributed by atoms with Crippen molar-refractivity contribution in [1.29, 1.82) is 0 Å². The Kier molecular flexibility index (Phi) is 3.75. The zero-order valence-electron chi connectivity index (χ0n) is 7.55. The van der Waals surface area contributed by atoms with Gasteiger partial charge >= 0.3 is 7.82 Å². The van der Waals surface area contributed by atoms with Gasteiger partial charge in [0.05, 0.1) is 0 Å². The van der Waals surface area contributed by atoms with Gasteiger partial charge in [0.2, 0.25) is 0 Å². The van der Waals surface area contributed by atoms with Crippen molar-refractivity contribution in [3.63, 3.8) is 0 Å². The quantitative estimate of drug-likeness (QED) is 0.687. The Labute approximate surface area is 89.9 Å². The van der Waals surface area contributed by atoms with E-state index in [0.29, 0.717) is 0 Å². The third-order valence-electron chi connectivity index (χ3n) is 1.25. The molecule has 90 valence electrons. The summed E-state index contributed by atoms with van der Waals surface area (Å²) in [6, 6.07) is 4.35. The van der Waals surface area contributed by atoms with E-state index in [1.54, 1.807) is 0 Å².